The van der Waals surface area contributed by atoms with Gasteiger partial charge in [-0.05, 0) is 0 Å². The Hall–Kier alpha value is -1.78. The first-order valence-electron chi connectivity index (χ1n) is 8.11. The van der Waals surface area contributed by atoms with Gasteiger partial charge in [-0.25, -0.2) is 0 Å². The summed E-state index contributed by atoms with van der Waals surface area (Å²) in [7, 11) is 0. The maximum absolute atomic E-state index is 6.19. The first-order chi connectivity index (χ1) is 11.4. The van der Waals surface area contributed by atoms with Crippen molar-refractivity contribution in [3.05, 3.63) is 65.9 Å². The molecule has 0 aliphatic carbocycles. The summed E-state index contributed by atoms with van der Waals surface area (Å²) in [4.78, 5) is 4.32. The fourth-order valence-electron chi connectivity index (χ4n) is 3.21. The van der Waals surface area contributed by atoms with Gasteiger partial charge in [0.2, 0.25) is 0 Å². The van der Waals surface area contributed by atoms with E-state index >= 15 is 0 Å². The minimum atomic E-state index is -1.89. The van der Waals surface area contributed by atoms with Crippen molar-refractivity contribution in [3.63, 3.8) is 0 Å². The second-order valence-electron chi connectivity index (χ2n) is 7.18. The Labute approximate surface area is 149 Å². The Morgan fingerprint density at radius 1 is 0.875 bits per heavy atom. The summed E-state index contributed by atoms with van der Waals surface area (Å²) in [5, 5.41) is 2.94. The van der Waals surface area contributed by atoms with Gasteiger partial charge >= 0.3 is 150 Å². The zero-order chi connectivity index (χ0) is 16.9. The van der Waals surface area contributed by atoms with Gasteiger partial charge in [0, 0.05) is 0 Å². The van der Waals surface area contributed by atoms with Crippen molar-refractivity contribution in [2.45, 2.75) is 17.3 Å². The quantitative estimate of drug-likeness (QED) is 0.329. The van der Waals surface area contributed by atoms with Crippen molar-refractivity contribution < 1.29 is 0 Å². The van der Waals surface area contributed by atoms with Crippen LogP contribution in [0.1, 0.15) is 0 Å². The number of benzene rings is 2. The van der Waals surface area contributed by atoms with Gasteiger partial charge in [-0.2, -0.15) is 0 Å². The molecule has 0 radical (unpaired) electrons. The van der Waals surface area contributed by atoms with Crippen molar-refractivity contribution in [1.82, 2.24) is 9.55 Å². The van der Waals surface area contributed by atoms with Crippen molar-refractivity contribution in [3.8, 4) is 5.69 Å². The Morgan fingerprint density at radius 2 is 1.62 bits per heavy atom. The number of hydrogen-bond donors (Lipinski definition) is 0. The summed E-state index contributed by atoms with van der Waals surface area (Å²) in [6.07, 6.45) is 1.90. The number of nitrogens with zero attached hydrogens (tertiary/aromatic N) is 2. The van der Waals surface area contributed by atoms with E-state index in [9.17, 15) is 0 Å². The second-order valence-corrected chi connectivity index (χ2v) is 18.2. The maximum atomic E-state index is 6.19. The number of halogens is 1. The Bertz CT molecular complexity index is 1050. The molecule has 0 atom stereocenters. The molecule has 0 saturated heterocycles. The molecule has 4 aromatic rings. The van der Waals surface area contributed by atoms with Crippen LogP contribution in [0, 0.1) is 0 Å². The third-order valence-corrected chi connectivity index (χ3v) is 8.99. The normalized spacial score (nSPS) is 12.2. The fraction of sp³-hybridized carbons (Fsp3) is 0.150. The van der Waals surface area contributed by atoms with E-state index in [0.717, 1.165) is 16.6 Å². The van der Waals surface area contributed by atoms with Crippen molar-refractivity contribution in [1.29, 1.82) is 0 Å². The molecule has 2 aromatic carbocycles. The van der Waals surface area contributed by atoms with E-state index in [1.807, 2.05) is 18.3 Å². The molecule has 0 N–H and O–H groups in total. The number of rotatable bonds is 2. The second kappa shape index (κ2) is 5.64. The van der Waals surface area contributed by atoms with Crippen molar-refractivity contribution in [2.24, 2.45) is 0 Å². The van der Waals surface area contributed by atoms with Gasteiger partial charge in [-0.15, -0.1) is 0 Å². The van der Waals surface area contributed by atoms with Crippen LogP contribution in [-0.4, -0.2) is 22.8 Å². The molecule has 4 heteroatoms. The van der Waals surface area contributed by atoms with Gasteiger partial charge in [0.15, 0.2) is 0 Å². The molecule has 0 fully saturated rings. The monoisotopic (exact) mass is 396 g/mol. The minimum absolute atomic E-state index is 0.524. The molecule has 4 rings (SSSR count). The summed E-state index contributed by atoms with van der Waals surface area (Å²) in [6.45, 7) is 0. The zero-order valence-corrected chi connectivity index (χ0v) is 16.9. The van der Waals surface area contributed by atoms with Crippen LogP contribution in [0.3, 0.4) is 0 Å². The average Bonchev–Trinajstić information content (AvgIpc) is 2.87. The van der Waals surface area contributed by atoms with E-state index in [4.69, 9.17) is 11.6 Å². The molecule has 0 amide bonds. The standard InChI is InChI=1S/C20H19ClGeN2/c1-22(2,3)14-9-10-18-16(11-14)17-13-23-20(21)12-19(17)24(18)15-7-5-4-6-8-15/h4-13H,1-3H3. The van der Waals surface area contributed by atoms with Gasteiger partial charge in [0.1, 0.15) is 0 Å². The van der Waals surface area contributed by atoms with Crippen LogP contribution in [0.15, 0.2) is 60.8 Å². The van der Waals surface area contributed by atoms with E-state index in [0.29, 0.717) is 5.15 Å². The van der Waals surface area contributed by atoms with Gasteiger partial charge in [-0.3, -0.25) is 0 Å². The van der Waals surface area contributed by atoms with Gasteiger partial charge in [0.05, 0.1) is 0 Å². The van der Waals surface area contributed by atoms with E-state index in [-0.39, 0.29) is 0 Å². The van der Waals surface area contributed by atoms with Crippen LogP contribution in [0.4, 0.5) is 0 Å². The fourth-order valence-corrected chi connectivity index (χ4v) is 5.80. The number of hydrogen-bond acceptors (Lipinski definition) is 1. The van der Waals surface area contributed by atoms with Crippen LogP contribution >= 0.6 is 11.6 Å². The van der Waals surface area contributed by atoms with Crippen LogP contribution in [-0.2, 0) is 0 Å². The predicted molar refractivity (Wildman–Crippen MR) is 107 cm³/mol. The summed E-state index contributed by atoms with van der Waals surface area (Å²) in [6, 6.07) is 19.3. The van der Waals surface area contributed by atoms with Crippen LogP contribution in [0.5, 0.6) is 0 Å². The topological polar surface area (TPSA) is 17.8 Å². The van der Waals surface area contributed by atoms with Crippen LogP contribution in [0.2, 0.25) is 22.4 Å². The third kappa shape index (κ3) is 2.54. The molecule has 0 saturated carbocycles. The van der Waals surface area contributed by atoms with Gasteiger partial charge in [-0.1, -0.05) is 0 Å². The third-order valence-electron chi connectivity index (χ3n) is 4.50. The Balaban J connectivity index is 2.15. The molecular formula is C20H19ClGeN2. The summed E-state index contributed by atoms with van der Waals surface area (Å²) < 4.78 is 3.78. The molecule has 2 nitrogen and oxygen atoms in total. The molecule has 0 unspecified atom stereocenters. The molecule has 0 aliphatic rings. The molecular weight excluding hydrogens is 376 g/mol. The molecule has 0 bridgehead atoms. The van der Waals surface area contributed by atoms with Gasteiger partial charge in [0.25, 0.3) is 0 Å². The first kappa shape index (κ1) is 15.7. The molecule has 2 heterocycles. The SMILES string of the molecule is [CH3][Ge]([CH3])([CH3])[c]1ccc2c(c1)c1cnc(Cl)cc1n2-c1ccccc1. The molecule has 120 valence electrons. The predicted octanol–water partition coefficient (Wildman–Crippen LogP) is 5.38. The molecule has 0 spiro atoms. The van der Waals surface area contributed by atoms with E-state index in [2.05, 4.69) is 69.3 Å². The number of pyridine rings is 1. The van der Waals surface area contributed by atoms with Crippen LogP contribution in [0.25, 0.3) is 27.5 Å². The van der Waals surface area contributed by atoms with E-state index in [1.165, 1.54) is 15.3 Å². The van der Waals surface area contributed by atoms with Crippen LogP contribution < -0.4 is 4.40 Å². The number of aromatic nitrogens is 2. The van der Waals surface area contributed by atoms with E-state index < -0.39 is 13.3 Å². The Kier molecular flexibility index (Phi) is 3.70. The molecule has 0 aliphatic heterocycles. The van der Waals surface area contributed by atoms with Crippen molar-refractivity contribution >= 4 is 51.1 Å². The van der Waals surface area contributed by atoms with Gasteiger partial charge < -0.3 is 0 Å². The summed E-state index contributed by atoms with van der Waals surface area (Å²) >= 11 is 4.30. The Morgan fingerprint density at radius 3 is 2.33 bits per heavy atom. The number of fused-ring (bicyclic) bond motifs is 3. The molecule has 2 aromatic heterocycles. The first-order valence-corrected chi connectivity index (χ1v) is 15.8. The zero-order valence-electron chi connectivity index (χ0n) is 14.0. The number of para-hydroxylation sites is 1. The van der Waals surface area contributed by atoms with Crippen molar-refractivity contribution in [2.75, 3.05) is 0 Å². The summed E-state index contributed by atoms with van der Waals surface area (Å²) in [5.41, 5.74) is 3.45. The summed E-state index contributed by atoms with van der Waals surface area (Å²) in [5.74, 6) is 7.27. The average molecular weight is 395 g/mol. The molecule has 24 heavy (non-hydrogen) atoms. The van der Waals surface area contributed by atoms with E-state index in [1.54, 1.807) is 0 Å².